The molecule has 1 aliphatic carbocycles. The highest BCUT2D eigenvalue weighted by atomic mass is 35.5. The Hall–Kier alpha value is -1.86. The third-order valence-corrected chi connectivity index (χ3v) is 5.52. The van der Waals surface area contributed by atoms with Crippen molar-refractivity contribution in [3.63, 3.8) is 0 Å². The molecule has 6 nitrogen and oxygen atoms in total. The van der Waals surface area contributed by atoms with Crippen molar-refractivity contribution < 1.29 is 14.0 Å². The van der Waals surface area contributed by atoms with Gasteiger partial charge in [0.25, 0.3) is 5.91 Å². The fourth-order valence-electron chi connectivity index (χ4n) is 3.68. The number of carbonyl (C=O) groups is 2. The van der Waals surface area contributed by atoms with Crippen molar-refractivity contribution in [3.8, 4) is 0 Å². The average molecular weight is 397 g/mol. The zero-order valence-electron chi connectivity index (χ0n) is 15.2. The molecule has 1 aromatic carbocycles. The van der Waals surface area contributed by atoms with Crippen LogP contribution in [0.25, 0.3) is 0 Å². The summed E-state index contributed by atoms with van der Waals surface area (Å²) in [7, 11) is 0. The molecule has 2 saturated heterocycles. The van der Waals surface area contributed by atoms with Crippen LogP contribution < -0.4 is 15.5 Å². The molecule has 4 rings (SSSR count). The first-order valence-corrected chi connectivity index (χ1v) is 9.49. The standard InChI is InChI=1S/C19H25FN4O2.ClH/c20-17-4-3-15(24-10-7-21-19(24)26)11-16(17)18(25)23-8-5-14(6-9-23)22-12-13-1-2-13;/h3-4,11,13-14,22H,1-2,5-10,12H2,(H,21,26);1H. The summed E-state index contributed by atoms with van der Waals surface area (Å²) in [5.74, 6) is 0.0196. The number of urea groups is 1. The van der Waals surface area contributed by atoms with E-state index >= 15 is 0 Å². The van der Waals surface area contributed by atoms with Gasteiger partial charge in [0.05, 0.1) is 5.56 Å². The van der Waals surface area contributed by atoms with Crippen molar-refractivity contribution in [2.24, 2.45) is 5.92 Å². The van der Waals surface area contributed by atoms with Gasteiger partial charge >= 0.3 is 6.03 Å². The van der Waals surface area contributed by atoms with E-state index in [0.717, 1.165) is 25.3 Å². The third kappa shape index (κ3) is 4.52. The molecule has 8 heteroatoms. The number of rotatable bonds is 5. The monoisotopic (exact) mass is 396 g/mol. The van der Waals surface area contributed by atoms with Gasteiger partial charge in [0.2, 0.25) is 0 Å². The zero-order chi connectivity index (χ0) is 18.1. The van der Waals surface area contributed by atoms with Crippen LogP contribution in [-0.4, -0.2) is 55.6 Å². The molecule has 0 spiro atoms. The maximum Gasteiger partial charge on any atom is 0.321 e. The van der Waals surface area contributed by atoms with E-state index in [9.17, 15) is 14.0 Å². The van der Waals surface area contributed by atoms with E-state index in [-0.39, 0.29) is 29.9 Å². The minimum atomic E-state index is -0.535. The Morgan fingerprint density at radius 3 is 2.56 bits per heavy atom. The molecule has 2 heterocycles. The lowest BCUT2D eigenvalue weighted by Gasteiger charge is -2.33. The molecule has 0 aromatic heterocycles. The van der Waals surface area contributed by atoms with Gasteiger partial charge in [0.1, 0.15) is 5.82 Å². The Morgan fingerprint density at radius 1 is 1.19 bits per heavy atom. The topological polar surface area (TPSA) is 64.7 Å². The molecule has 2 N–H and O–H groups in total. The van der Waals surface area contributed by atoms with Crippen LogP contribution in [0.2, 0.25) is 0 Å². The van der Waals surface area contributed by atoms with E-state index in [0.29, 0.717) is 37.9 Å². The Bertz CT molecular complexity index is 705. The molecular weight excluding hydrogens is 371 g/mol. The summed E-state index contributed by atoms with van der Waals surface area (Å²) in [6.45, 7) is 3.42. The number of hydrogen-bond acceptors (Lipinski definition) is 3. The zero-order valence-corrected chi connectivity index (χ0v) is 16.1. The lowest BCUT2D eigenvalue weighted by Crippen LogP contribution is -2.45. The lowest BCUT2D eigenvalue weighted by molar-refractivity contribution is 0.0700. The van der Waals surface area contributed by atoms with Gasteiger partial charge in [0.15, 0.2) is 0 Å². The molecular formula is C19H26ClFN4O2. The second kappa shape index (κ2) is 8.44. The Kier molecular flexibility index (Phi) is 6.22. The third-order valence-electron chi connectivity index (χ3n) is 5.52. The predicted octanol–water partition coefficient (Wildman–Crippen LogP) is 2.38. The van der Waals surface area contributed by atoms with E-state index in [1.54, 1.807) is 11.0 Å². The summed E-state index contributed by atoms with van der Waals surface area (Å²) in [6, 6.07) is 4.56. The summed E-state index contributed by atoms with van der Waals surface area (Å²) in [5.41, 5.74) is 0.609. The van der Waals surface area contributed by atoms with Crippen LogP contribution in [0.5, 0.6) is 0 Å². The number of nitrogens with one attached hydrogen (secondary N) is 2. The van der Waals surface area contributed by atoms with E-state index in [4.69, 9.17) is 0 Å². The molecule has 3 aliphatic rings. The highest BCUT2D eigenvalue weighted by Crippen LogP contribution is 2.28. The maximum absolute atomic E-state index is 14.3. The molecule has 0 radical (unpaired) electrons. The van der Waals surface area contributed by atoms with Gasteiger partial charge in [-0.2, -0.15) is 0 Å². The first-order chi connectivity index (χ1) is 12.6. The molecule has 0 unspecified atom stereocenters. The Morgan fingerprint density at radius 2 is 1.93 bits per heavy atom. The molecule has 3 amide bonds. The van der Waals surface area contributed by atoms with Gasteiger partial charge in [-0.15, -0.1) is 12.4 Å². The van der Waals surface area contributed by atoms with Crippen molar-refractivity contribution in [2.75, 3.05) is 37.6 Å². The van der Waals surface area contributed by atoms with Crippen molar-refractivity contribution >= 4 is 30.0 Å². The first kappa shape index (κ1) is 19.9. The van der Waals surface area contributed by atoms with Crippen LogP contribution >= 0.6 is 12.4 Å². The van der Waals surface area contributed by atoms with Gasteiger partial charge in [-0.1, -0.05) is 0 Å². The highest BCUT2D eigenvalue weighted by Gasteiger charge is 2.28. The SMILES string of the molecule is Cl.O=C(c1cc(N2CCNC2=O)ccc1F)N1CCC(NCC2CC2)CC1. The lowest BCUT2D eigenvalue weighted by atomic mass is 10.0. The Balaban J connectivity index is 0.00000210. The molecule has 2 aliphatic heterocycles. The smallest absolute Gasteiger partial charge is 0.321 e. The number of benzene rings is 1. The summed E-state index contributed by atoms with van der Waals surface area (Å²) >= 11 is 0. The molecule has 1 aromatic rings. The minimum Gasteiger partial charge on any atom is -0.338 e. The van der Waals surface area contributed by atoms with Gasteiger partial charge in [-0.3, -0.25) is 9.69 Å². The van der Waals surface area contributed by atoms with Crippen LogP contribution in [0.15, 0.2) is 18.2 Å². The van der Waals surface area contributed by atoms with Crippen LogP contribution in [0, 0.1) is 11.7 Å². The summed E-state index contributed by atoms with van der Waals surface area (Å²) in [6.07, 6.45) is 4.45. The van der Waals surface area contributed by atoms with Crippen molar-refractivity contribution in [1.82, 2.24) is 15.5 Å². The van der Waals surface area contributed by atoms with Crippen molar-refractivity contribution in [1.29, 1.82) is 0 Å². The number of hydrogen-bond donors (Lipinski definition) is 2. The second-order valence-corrected chi connectivity index (χ2v) is 7.47. The largest absolute Gasteiger partial charge is 0.338 e. The van der Waals surface area contributed by atoms with Gasteiger partial charge < -0.3 is 15.5 Å². The molecule has 148 valence electrons. The molecule has 3 fully saturated rings. The van der Waals surface area contributed by atoms with Gasteiger partial charge in [-0.05, 0) is 56.3 Å². The van der Waals surface area contributed by atoms with E-state index in [1.165, 1.54) is 29.9 Å². The van der Waals surface area contributed by atoms with Crippen molar-refractivity contribution in [2.45, 2.75) is 31.7 Å². The van der Waals surface area contributed by atoms with Crippen LogP contribution in [0.4, 0.5) is 14.9 Å². The number of halogens is 2. The Labute approximate surface area is 164 Å². The average Bonchev–Trinajstić information content (AvgIpc) is 3.40. The van der Waals surface area contributed by atoms with E-state index < -0.39 is 5.82 Å². The predicted molar refractivity (Wildman–Crippen MR) is 104 cm³/mol. The summed E-state index contributed by atoms with van der Waals surface area (Å²) in [5, 5.41) is 6.30. The van der Waals surface area contributed by atoms with Crippen LogP contribution in [0.3, 0.4) is 0 Å². The maximum atomic E-state index is 14.3. The first-order valence-electron chi connectivity index (χ1n) is 9.49. The molecule has 0 atom stereocenters. The van der Waals surface area contributed by atoms with Gasteiger partial charge in [0, 0.05) is 37.9 Å². The highest BCUT2D eigenvalue weighted by molar-refractivity contribution is 5.98. The van der Waals surface area contributed by atoms with Crippen LogP contribution in [0.1, 0.15) is 36.0 Å². The normalized spacial score (nSPS) is 20.4. The fraction of sp³-hybridized carbons (Fsp3) is 0.579. The molecule has 0 bridgehead atoms. The van der Waals surface area contributed by atoms with E-state index in [1.807, 2.05) is 0 Å². The summed E-state index contributed by atoms with van der Waals surface area (Å²) in [4.78, 5) is 27.9. The van der Waals surface area contributed by atoms with Gasteiger partial charge in [-0.25, -0.2) is 9.18 Å². The fourth-order valence-corrected chi connectivity index (χ4v) is 3.68. The summed E-state index contributed by atoms with van der Waals surface area (Å²) < 4.78 is 14.3. The quantitative estimate of drug-likeness (QED) is 0.803. The number of anilines is 1. The van der Waals surface area contributed by atoms with Crippen molar-refractivity contribution in [3.05, 3.63) is 29.6 Å². The van der Waals surface area contributed by atoms with Crippen LogP contribution in [-0.2, 0) is 0 Å². The number of piperidine rings is 1. The van der Waals surface area contributed by atoms with E-state index in [2.05, 4.69) is 10.6 Å². The second-order valence-electron chi connectivity index (χ2n) is 7.47. The number of likely N-dealkylation sites (tertiary alicyclic amines) is 1. The molecule has 27 heavy (non-hydrogen) atoms. The number of carbonyl (C=O) groups excluding carboxylic acids is 2. The number of nitrogens with zero attached hydrogens (tertiary/aromatic N) is 2. The molecule has 1 saturated carbocycles. The number of amides is 3. The minimum absolute atomic E-state index is 0.